The molecule has 1 heterocycles. The number of hydrogen-bond donors (Lipinski definition) is 1. The van der Waals surface area contributed by atoms with Crippen LogP contribution in [0.4, 0.5) is 11.5 Å². The van der Waals surface area contributed by atoms with Gasteiger partial charge in [-0.3, -0.25) is 10.1 Å². The molecule has 6 nitrogen and oxygen atoms in total. The number of aryl methyl sites for hydroxylation is 1. The van der Waals surface area contributed by atoms with Crippen molar-refractivity contribution in [3.63, 3.8) is 0 Å². The minimum atomic E-state index is -0.412. The van der Waals surface area contributed by atoms with Gasteiger partial charge in [-0.15, -0.1) is 0 Å². The number of pyridine rings is 1. The van der Waals surface area contributed by atoms with E-state index in [1.165, 1.54) is 0 Å². The van der Waals surface area contributed by atoms with Gasteiger partial charge in [0.15, 0.2) is 0 Å². The van der Waals surface area contributed by atoms with Crippen LogP contribution in [0.25, 0.3) is 0 Å². The summed E-state index contributed by atoms with van der Waals surface area (Å²) in [6.45, 7) is 2.80. The summed E-state index contributed by atoms with van der Waals surface area (Å²) in [6, 6.07) is 11.2. The van der Waals surface area contributed by atoms with Crippen molar-refractivity contribution in [3.8, 4) is 5.75 Å². The van der Waals surface area contributed by atoms with Gasteiger partial charge in [0.2, 0.25) is 5.82 Å². The summed E-state index contributed by atoms with van der Waals surface area (Å²) in [5, 5.41) is 14.0. The van der Waals surface area contributed by atoms with Crippen molar-refractivity contribution in [1.29, 1.82) is 0 Å². The summed E-state index contributed by atoms with van der Waals surface area (Å²) < 4.78 is 5.55. The number of para-hydroxylation sites is 1. The Hall–Kier alpha value is -2.63. The van der Waals surface area contributed by atoms with Crippen molar-refractivity contribution >= 4 is 11.5 Å². The molecule has 0 aliphatic heterocycles. The second-order valence-corrected chi connectivity index (χ2v) is 4.52. The smallest absolute Gasteiger partial charge is 0.314 e. The quantitative estimate of drug-likeness (QED) is 0.481. The van der Waals surface area contributed by atoms with E-state index in [1.807, 2.05) is 30.3 Å². The molecule has 110 valence electrons. The number of hydrogen-bond acceptors (Lipinski definition) is 5. The van der Waals surface area contributed by atoms with Gasteiger partial charge in [-0.05, 0) is 31.5 Å². The summed E-state index contributed by atoms with van der Waals surface area (Å²) in [6.07, 6.45) is 2.28. The molecule has 0 saturated carbocycles. The molecule has 0 atom stereocenters. The number of nitrogens with one attached hydrogen (secondary N) is 1. The summed E-state index contributed by atoms with van der Waals surface area (Å²) >= 11 is 0. The van der Waals surface area contributed by atoms with E-state index in [4.69, 9.17) is 4.74 Å². The second-order valence-electron chi connectivity index (χ2n) is 4.52. The normalized spacial score (nSPS) is 10.1. The van der Waals surface area contributed by atoms with Crippen LogP contribution in [0.3, 0.4) is 0 Å². The molecular formula is C15H17N3O3. The largest absolute Gasteiger partial charge is 0.494 e. The van der Waals surface area contributed by atoms with Crippen LogP contribution in [-0.4, -0.2) is 23.1 Å². The number of ether oxygens (including phenoxy) is 1. The van der Waals surface area contributed by atoms with Crippen LogP contribution >= 0.6 is 0 Å². The van der Waals surface area contributed by atoms with E-state index in [0.717, 1.165) is 12.2 Å². The highest BCUT2D eigenvalue weighted by Crippen LogP contribution is 2.25. The van der Waals surface area contributed by atoms with E-state index >= 15 is 0 Å². The molecule has 6 heteroatoms. The lowest BCUT2D eigenvalue weighted by Crippen LogP contribution is -2.10. The molecule has 0 unspecified atom stereocenters. The maximum Gasteiger partial charge on any atom is 0.314 e. The summed E-state index contributed by atoms with van der Waals surface area (Å²) in [5.74, 6) is 1.12. The molecule has 0 bridgehead atoms. The van der Waals surface area contributed by atoms with Crippen LogP contribution in [0.5, 0.6) is 5.75 Å². The van der Waals surface area contributed by atoms with Crippen LogP contribution in [-0.2, 0) is 0 Å². The first-order valence-corrected chi connectivity index (χ1v) is 6.70. The highest BCUT2D eigenvalue weighted by molar-refractivity contribution is 5.59. The van der Waals surface area contributed by atoms with Crippen molar-refractivity contribution in [2.75, 3.05) is 18.5 Å². The lowest BCUT2D eigenvalue weighted by Gasteiger charge is -2.08. The van der Waals surface area contributed by atoms with Crippen molar-refractivity contribution in [2.24, 2.45) is 0 Å². The number of rotatable bonds is 7. The Morgan fingerprint density at radius 2 is 2.05 bits per heavy atom. The van der Waals surface area contributed by atoms with E-state index in [-0.39, 0.29) is 5.69 Å². The number of nitro groups is 1. The van der Waals surface area contributed by atoms with Gasteiger partial charge in [0, 0.05) is 18.3 Å². The Labute approximate surface area is 122 Å². The molecule has 0 spiro atoms. The maximum absolute atomic E-state index is 11.0. The van der Waals surface area contributed by atoms with Crippen molar-refractivity contribution < 1.29 is 9.66 Å². The zero-order valence-electron chi connectivity index (χ0n) is 11.8. The average molecular weight is 287 g/mol. The molecule has 21 heavy (non-hydrogen) atoms. The molecular weight excluding hydrogens is 270 g/mol. The third-order valence-electron chi connectivity index (χ3n) is 2.93. The molecule has 1 aromatic heterocycles. The Bertz CT molecular complexity index is 602. The first-order valence-electron chi connectivity index (χ1n) is 6.70. The molecule has 0 fully saturated rings. The van der Waals surface area contributed by atoms with Gasteiger partial charge in [-0.1, -0.05) is 18.2 Å². The Balaban J connectivity index is 1.81. The molecule has 2 aromatic rings. The van der Waals surface area contributed by atoms with Crippen molar-refractivity contribution in [2.45, 2.75) is 13.3 Å². The van der Waals surface area contributed by atoms with Crippen molar-refractivity contribution in [1.82, 2.24) is 4.98 Å². The highest BCUT2D eigenvalue weighted by atomic mass is 16.6. The van der Waals surface area contributed by atoms with Gasteiger partial charge >= 0.3 is 5.69 Å². The molecule has 0 radical (unpaired) electrons. The highest BCUT2D eigenvalue weighted by Gasteiger charge is 2.17. The Morgan fingerprint density at radius 3 is 2.76 bits per heavy atom. The Morgan fingerprint density at radius 1 is 1.29 bits per heavy atom. The number of benzene rings is 1. The fourth-order valence-electron chi connectivity index (χ4n) is 1.90. The van der Waals surface area contributed by atoms with Gasteiger partial charge in [0.1, 0.15) is 5.75 Å². The fraction of sp³-hybridized carbons (Fsp3) is 0.267. The van der Waals surface area contributed by atoms with E-state index < -0.39 is 4.92 Å². The zero-order chi connectivity index (χ0) is 15.1. The molecule has 0 saturated heterocycles. The monoisotopic (exact) mass is 287 g/mol. The minimum absolute atomic E-state index is 0.0291. The molecule has 0 amide bonds. The second kappa shape index (κ2) is 7.23. The first kappa shape index (κ1) is 14.8. The van der Waals surface area contributed by atoms with Gasteiger partial charge in [0.25, 0.3) is 0 Å². The van der Waals surface area contributed by atoms with E-state index in [0.29, 0.717) is 24.5 Å². The molecule has 1 aromatic carbocycles. The van der Waals surface area contributed by atoms with E-state index in [1.54, 1.807) is 19.2 Å². The zero-order valence-corrected chi connectivity index (χ0v) is 11.8. The first-order chi connectivity index (χ1) is 10.2. The van der Waals surface area contributed by atoms with Crippen LogP contribution < -0.4 is 10.1 Å². The lowest BCUT2D eigenvalue weighted by molar-refractivity contribution is -0.384. The third-order valence-corrected chi connectivity index (χ3v) is 2.93. The molecule has 2 rings (SSSR count). The number of aromatic nitrogens is 1. The van der Waals surface area contributed by atoms with Gasteiger partial charge < -0.3 is 10.1 Å². The average Bonchev–Trinajstić information content (AvgIpc) is 2.47. The fourth-order valence-corrected chi connectivity index (χ4v) is 1.90. The van der Waals surface area contributed by atoms with Crippen LogP contribution in [0.1, 0.15) is 12.0 Å². The molecule has 1 N–H and O–H groups in total. The predicted molar refractivity (Wildman–Crippen MR) is 80.7 cm³/mol. The predicted octanol–water partition coefficient (Wildman–Crippen LogP) is 3.18. The van der Waals surface area contributed by atoms with E-state index in [2.05, 4.69) is 10.3 Å². The SMILES string of the molecule is Cc1ccnc(NCCCOc2ccccc2)c1[N+](=O)[O-]. The summed E-state index contributed by atoms with van der Waals surface area (Å²) in [5.41, 5.74) is 0.625. The van der Waals surface area contributed by atoms with Gasteiger partial charge in [-0.2, -0.15) is 0 Å². The Kier molecular flexibility index (Phi) is 5.09. The summed E-state index contributed by atoms with van der Waals surface area (Å²) in [4.78, 5) is 14.6. The van der Waals surface area contributed by atoms with Crippen LogP contribution in [0.2, 0.25) is 0 Å². The van der Waals surface area contributed by atoms with Gasteiger partial charge in [0.05, 0.1) is 11.5 Å². The standard InChI is InChI=1S/C15H17N3O3/c1-12-8-10-17-15(14(12)18(19)20)16-9-5-11-21-13-6-3-2-4-7-13/h2-4,6-8,10H,5,9,11H2,1H3,(H,16,17). The van der Waals surface area contributed by atoms with E-state index in [9.17, 15) is 10.1 Å². The van der Waals surface area contributed by atoms with Crippen LogP contribution in [0, 0.1) is 17.0 Å². The maximum atomic E-state index is 11.0. The number of nitrogens with zero attached hydrogens (tertiary/aromatic N) is 2. The van der Waals surface area contributed by atoms with Gasteiger partial charge in [-0.25, -0.2) is 4.98 Å². The molecule has 0 aliphatic carbocycles. The summed E-state index contributed by atoms with van der Waals surface area (Å²) in [7, 11) is 0. The van der Waals surface area contributed by atoms with Crippen LogP contribution in [0.15, 0.2) is 42.6 Å². The topological polar surface area (TPSA) is 77.3 Å². The number of anilines is 1. The van der Waals surface area contributed by atoms with Crippen molar-refractivity contribution in [3.05, 3.63) is 58.3 Å². The molecule has 0 aliphatic rings. The third kappa shape index (κ3) is 4.17. The minimum Gasteiger partial charge on any atom is -0.494 e. The lowest BCUT2D eigenvalue weighted by atomic mass is 10.2.